The second-order valence-corrected chi connectivity index (χ2v) is 5.58. The summed E-state index contributed by atoms with van der Waals surface area (Å²) in [6.45, 7) is -0.272. The molecule has 0 aliphatic carbocycles. The van der Waals surface area contributed by atoms with E-state index in [9.17, 15) is 31.4 Å². The van der Waals surface area contributed by atoms with Gasteiger partial charge in [-0.15, -0.1) is 0 Å². The SMILES string of the molecule is OC(CNc1ncc(C(F)(F)F)s1)c1cccc(C(F)(F)F)c1. The molecule has 0 amide bonds. The van der Waals surface area contributed by atoms with Crippen molar-refractivity contribution in [2.24, 2.45) is 0 Å². The van der Waals surface area contributed by atoms with Crippen molar-refractivity contribution in [1.29, 1.82) is 0 Å². The largest absolute Gasteiger partial charge is 0.427 e. The average molecular weight is 356 g/mol. The number of aliphatic hydroxyl groups excluding tert-OH is 1. The van der Waals surface area contributed by atoms with Crippen molar-refractivity contribution in [2.75, 3.05) is 11.9 Å². The molecule has 1 atom stereocenters. The Balaban J connectivity index is 2.02. The van der Waals surface area contributed by atoms with Crippen molar-refractivity contribution < 1.29 is 31.4 Å². The number of aliphatic hydroxyl groups is 1. The predicted molar refractivity (Wildman–Crippen MR) is 72.0 cm³/mol. The third kappa shape index (κ3) is 4.58. The van der Waals surface area contributed by atoms with E-state index in [2.05, 4.69) is 10.3 Å². The van der Waals surface area contributed by atoms with E-state index in [-0.39, 0.29) is 17.2 Å². The molecular weight excluding hydrogens is 346 g/mol. The van der Waals surface area contributed by atoms with Crippen molar-refractivity contribution in [3.8, 4) is 0 Å². The summed E-state index contributed by atoms with van der Waals surface area (Å²) in [5.74, 6) is 0. The maximum absolute atomic E-state index is 12.6. The van der Waals surface area contributed by atoms with Crippen molar-refractivity contribution >= 4 is 16.5 Å². The van der Waals surface area contributed by atoms with Crippen LogP contribution in [0.4, 0.5) is 31.5 Å². The smallest absolute Gasteiger partial charge is 0.387 e. The Morgan fingerprint density at radius 1 is 1.13 bits per heavy atom. The number of halogens is 6. The zero-order valence-corrected chi connectivity index (χ0v) is 12.1. The molecule has 0 bridgehead atoms. The summed E-state index contributed by atoms with van der Waals surface area (Å²) in [4.78, 5) is 2.59. The number of hydrogen-bond donors (Lipinski definition) is 2. The minimum absolute atomic E-state index is 0.0000685. The van der Waals surface area contributed by atoms with Gasteiger partial charge in [0.05, 0.1) is 17.9 Å². The molecule has 0 fully saturated rings. The number of hydrogen-bond acceptors (Lipinski definition) is 4. The number of alkyl halides is 6. The summed E-state index contributed by atoms with van der Waals surface area (Å²) in [5, 5.41) is 12.3. The monoisotopic (exact) mass is 356 g/mol. The molecule has 2 rings (SSSR count). The van der Waals surface area contributed by atoms with Crippen molar-refractivity contribution in [1.82, 2.24) is 4.98 Å². The molecule has 0 spiro atoms. The Morgan fingerprint density at radius 3 is 2.39 bits per heavy atom. The van der Waals surface area contributed by atoms with E-state index in [1.54, 1.807) is 0 Å². The summed E-state index contributed by atoms with van der Waals surface area (Å²) in [7, 11) is 0. The van der Waals surface area contributed by atoms with Gasteiger partial charge >= 0.3 is 12.4 Å². The van der Waals surface area contributed by atoms with E-state index < -0.39 is 28.9 Å². The van der Waals surface area contributed by atoms with Gasteiger partial charge in [-0.25, -0.2) is 4.98 Å². The Kier molecular flexibility index (Phi) is 4.85. The lowest BCUT2D eigenvalue weighted by Crippen LogP contribution is -2.13. The summed E-state index contributed by atoms with van der Waals surface area (Å²) in [5.41, 5.74) is -0.914. The molecule has 1 aromatic heterocycles. The van der Waals surface area contributed by atoms with E-state index >= 15 is 0 Å². The fourth-order valence-corrected chi connectivity index (χ4v) is 2.40. The minimum atomic E-state index is -4.54. The minimum Gasteiger partial charge on any atom is -0.387 e. The molecule has 2 N–H and O–H groups in total. The lowest BCUT2D eigenvalue weighted by molar-refractivity contribution is -0.137. The van der Waals surface area contributed by atoms with Gasteiger partial charge in [0.25, 0.3) is 0 Å². The fourth-order valence-electron chi connectivity index (χ4n) is 1.71. The van der Waals surface area contributed by atoms with Crippen molar-refractivity contribution in [2.45, 2.75) is 18.5 Å². The molecule has 3 nitrogen and oxygen atoms in total. The molecule has 0 aliphatic heterocycles. The van der Waals surface area contributed by atoms with Crippen LogP contribution in [0.1, 0.15) is 22.1 Å². The molecular formula is C13H10F6N2OS. The van der Waals surface area contributed by atoms with Gasteiger partial charge in [0.1, 0.15) is 4.88 Å². The van der Waals surface area contributed by atoms with Crippen LogP contribution in [0.3, 0.4) is 0 Å². The summed E-state index contributed by atoms with van der Waals surface area (Å²) < 4.78 is 75.0. The number of nitrogens with zero attached hydrogens (tertiary/aromatic N) is 1. The van der Waals surface area contributed by atoms with Gasteiger partial charge in [0, 0.05) is 6.54 Å². The van der Waals surface area contributed by atoms with Crippen LogP contribution in [0, 0.1) is 0 Å². The summed E-state index contributed by atoms with van der Waals surface area (Å²) in [6, 6.07) is 4.09. The summed E-state index contributed by atoms with van der Waals surface area (Å²) >= 11 is 0.346. The van der Waals surface area contributed by atoms with Crippen LogP contribution in [0.15, 0.2) is 30.5 Å². The highest BCUT2D eigenvalue weighted by molar-refractivity contribution is 7.15. The van der Waals surface area contributed by atoms with Crippen LogP contribution in [-0.4, -0.2) is 16.6 Å². The van der Waals surface area contributed by atoms with Crippen LogP contribution < -0.4 is 5.32 Å². The van der Waals surface area contributed by atoms with Gasteiger partial charge in [-0.2, -0.15) is 26.3 Å². The number of aromatic nitrogens is 1. The molecule has 0 saturated heterocycles. The number of nitrogens with one attached hydrogen (secondary N) is 1. The maximum atomic E-state index is 12.6. The number of benzene rings is 1. The molecule has 126 valence electrons. The molecule has 0 radical (unpaired) electrons. The van der Waals surface area contributed by atoms with E-state index in [0.29, 0.717) is 17.5 Å². The number of anilines is 1. The van der Waals surface area contributed by atoms with Crippen LogP contribution in [0.5, 0.6) is 0 Å². The first kappa shape index (κ1) is 17.5. The normalized spacial score (nSPS) is 13.9. The Morgan fingerprint density at radius 2 is 1.83 bits per heavy atom. The van der Waals surface area contributed by atoms with Crippen molar-refractivity contribution in [3.05, 3.63) is 46.5 Å². The molecule has 1 unspecified atom stereocenters. The quantitative estimate of drug-likeness (QED) is 0.802. The van der Waals surface area contributed by atoms with Crippen LogP contribution in [0.2, 0.25) is 0 Å². The van der Waals surface area contributed by atoms with E-state index in [4.69, 9.17) is 0 Å². The van der Waals surface area contributed by atoms with Crippen molar-refractivity contribution in [3.63, 3.8) is 0 Å². The number of rotatable bonds is 4. The van der Waals surface area contributed by atoms with Gasteiger partial charge in [0.15, 0.2) is 5.13 Å². The summed E-state index contributed by atoms with van der Waals surface area (Å²) in [6.07, 6.45) is -9.74. The van der Waals surface area contributed by atoms with Crippen LogP contribution >= 0.6 is 11.3 Å². The third-order valence-electron chi connectivity index (χ3n) is 2.83. The second-order valence-electron chi connectivity index (χ2n) is 4.55. The highest BCUT2D eigenvalue weighted by Gasteiger charge is 2.33. The highest BCUT2D eigenvalue weighted by Crippen LogP contribution is 2.35. The lowest BCUT2D eigenvalue weighted by Gasteiger charge is -2.14. The molecule has 10 heteroatoms. The first-order chi connectivity index (χ1) is 10.6. The molecule has 1 aromatic carbocycles. The predicted octanol–water partition coefficient (Wildman–Crippen LogP) is 4.33. The zero-order valence-electron chi connectivity index (χ0n) is 11.2. The maximum Gasteiger partial charge on any atom is 0.427 e. The molecule has 0 aliphatic rings. The highest BCUT2D eigenvalue weighted by atomic mass is 32.1. The Hall–Kier alpha value is -1.81. The molecule has 0 saturated carbocycles. The van der Waals surface area contributed by atoms with Gasteiger partial charge in [-0.3, -0.25) is 0 Å². The van der Waals surface area contributed by atoms with Crippen LogP contribution in [0.25, 0.3) is 0 Å². The van der Waals surface area contributed by atoms with E-state index in [1.807, 2.05) is 0 Å². The Labute approximate surface area is 130 Å². The number of thiazole rings is 1. The van der Waals surface area contributed by atoms with Gasteiger partial charge < -0.3 is 10.4 Å². The lowest BCUT2D eigenvalue weighted by atomic mass is 10.1. The van der Waals surface area contributed by atoms with E-state index in [1.165, 1.54) is 6.07 Å². The first-order valence-corrected chi connectivity index (χ1v) is 7.01. The van der Waals surface area contributed by atoms with Gasteiger partial charge in [-0.1, -0.05) is 23.5 Å². The molecule has 2 aromatic rings. The Bertz CT molecular complexity index is 667. The van der Waals surface area contributed by atoms with Gasteiger partial charge in [-0.05, 0) is 17.7 Å². The third-order valence-corrected chi connectivity index (χ3v) is 3.83. The molecule has 23 heavy (non-hydrogen) atoms. The second kappa shape index (κ2) is 6.36. The first-order valence-electron chi connectivity index (χ1n) is 6.19. The van der Waals surface area contributed by atoms with Crippen LogP contribution in [-0.2, 0) is 12.4 Å². The van der Waals surface area contributed by atoms with Gasteiger partial charge in [0.2, 0.25) is 0 Å². The average Bonchev–Trinajstić information content (AvgIpc) is 2.93. The fraction of sp³-hybridized carbons (Fsp3) is 0.308. The molecule has 1 heterocycles. The standard InChI is InChI=1S/C13H10F6N2OS/c14-12(15,16)8-3-1-2-7(4-8)9(22)5-20-11-21-6-10(23-11)13(17,18)19/h1-4,6,9,22H,5H2,(H,20,21). The zero-order chi connectivity index (χ0) is 17.3. The topological polar surface area (TPSA) is 45.1 Å². The van der Waals surface area contributed by atoms with E-state index in [0.717, 1.165) is 18.2 Å².